The molecule has 306 valence electrons. The second-order valence-corrected chi connectivity index (χ2v) is 17.5. The molecular formula is C48H48N6O6. The van der Waals surface area contributed by atoms with E-state index in [9.17, 15) is 29.1 Å². The van der Waals surface area contributed by atoms with Crippen molar-refractivity contribution in [2.24, 2.45) is 5.41 Å². The summed E-state index contributed by atoms with van der Waals surface area (Å²) in [5.41, 5.74) is 9.51. The van der Waals surface area contributed by atoms with Crippen molar-refractivity contribution >= 4 is 46.5 Å². The fraction of sp³-hybridized carbons (Fsp3) is 0.354. The number of phenolic OH excluding ortho intramolecular Hbond substituents is 1. The molecule has 4 aromatic carbocycles. The van der Waals surface area contributed by atoms with Crippen LogP contribution in [0.1, 0.15) is 81.1 Å². The lowest BCUT2D eigenvalue weighted by Gasteiger charge is -2.54. The molecule has 5 amide bonds. The summed E-state index contributed by atoms with van der Waals surface area (Å²) in [5, 5.41) is 12.3. The fourth-order valence-corrected chi connectivity index (χ4v) is 10.0. The maximum absolute atomic E-state index is 13.6. The molecule has 0 radical (unpaired) electrons. The van der Waals surface area contributed by atoms with Gasteiger partial charge in [0.25, 0.3) is 11.8 Å². The Hall–Kier alpha value is -6.27. The fourth-order valence-electron chi connectivity index (χ4n) is 10.0. The third-order valence-electron chi connectivity index (χ3n) is 13.5. The molecule has 0 aromatic heterocycles. The van der Waals surface area contributed by atoms with Crippen molar-refractivity contribution in [2.75, 3.05) is 50.7 Å². The van der Waals surface area contributed by atoms with E-state index in [-0.39, 0.29) is 35.5 Å². The minimum absolute atomic E-state index is 0.0766. The van der Waals surface area contributed by atoms with Crippen molar-refractivity contribution in [1.82, 2.24) is 24.9 Å². The third kappa shape index (κ3) is 6.82. The number of anilines is 1. The second-order valence-electron chi connectivity index (χ2n) is 17.5. The number of nitrogens with zero attached hydrogens (tertiary/aromatic N) is 5. The Kier molecular flexibility index (Phi) is 9.35. The molecule has 1 spiro atoms. The summed E-state index contributed by atoms with van der Waals surface area (Å²) in [7, 11) is 0. The van der Waals surface area contributed by atoms with E-state index in [2.05, 4.69) is 75.5 Å². The van der Waals surface area contributed by atoms with Gasteiger partial charge in [0, 0.05) is 75.0 Å². The summed E-state index contributed by atoms with van der Waals surface area (Å²) in [6.45, 7) is 8.10. The Morgan fingerprint density at radius 3 is 2.05 bits per heavy atom. The van der Waals surface area contributed by atoms with E-state index in [1.165, 1.54) is 16.9 Å². The first-order chi connectivity index (χ1) is 29.0. The minimum atomic E-state index is -0.998. The van der Waals surface area contributed by atoms with E-state index >= 15 is 0 Å². The number of piperidine rings is 2. The molecule has 6 aliphatic heterocycles. The summed E-state index contributed by atoms with van der Waals surface area (Å²) >= 11 is 0. The van der Waals surface area contributed by atoms with Crippen LogP contribution < -0.4 is 10.2 Å². The molecule has 0 bridgehead atoms. The highest BCUT2D eigenvalue weighted by molar-refractivity contribution is 6.23. The number of benzene rings is 4. The molecule has 60 heavy (non-hydrogen) atoms. The Balaban J connectivity index is 0.761. The van der Waals surface area contributed by atoms with E-state index < -0.39 is 29.7 Å². The van der Waals surface area contributed by atoms with Crippen LogP contribution in [0.15, 0.2) is 91.0 Å². The van der Waals surface area contributed by atoms with E-state index in [1.807, 2.05) is 23.1 Å². The van der Waals surface area contributed by atoms with Gasteiger partial charge in [-0.05, 0) is 96.8 Å². The molecule has 4 saturated heterocycles. The largest absolute Gasteiger partial charge is 0.508 e. The van der Waals surface area contributed by atoms with Crippen molar-refractivity contribution in [3.63, 3.8) is 0 Å². The van der Waals surface area contributed by atoms with Gasteiger partial charge in [0.05, 0.1) is 23.4 Å². The van der Waals surface area contributed by atoms with Gasteiger partial charge >= 0.3 is 0 Å². The van der Waals surface area contributed by atoms with Crippen LogP contribution in [-0.2, 0) is 27.3 Å². The van der Waals surface area contributed by atoms with Crippen LogP contribution in [0.25, 0.3) is 11.3 Å². The van der Waals surface area contributed by atoms with Crippen LogP contribution in [0.2, 0.25) is 0 Å². The summed E-state index contributed by atoms with van der Waals surface area (Å²) in [4.78, 5) is 74.5. The lowest BCUT2D eigenvalue weighted by molar-refractivity contribution is -0.146. The lowest BCUT2D eigenvalue weighted by atomic mass is 9.72. The molecule has 0 aliphatic carbocycles. The van der Waals surface area contributed by atoms with Gasteiger partial charge in [0.15, 0.2) is 0 Å². The molecule has 0 saturated carbocycles. The first-order valence-corrected chi connectivity index (χ1v) is 21.1. The van der Waals surface area contributed by atoms with E-state index in [4.69, 9.17) is 0 Å². The Morgan fingerprint density at radius 2 is 1.42 bits per heavy atom. The molecule has 6 heterocycles. The Morgan fingerprint density at radius 1 is 0.783 bits per heavy atom. The number of rotatable bonds is 8. The molecule has 4 fully saturated rings. The number of aromatic hydroxyl groups is 1. The van der Waals surface area contributed by atoms with Gasteiger partial charge in [-0.15, -0.1) is 0 Å². The van der Waals surface area contributed by atoms with Gasteiger partial charge in [-0.1, -0.05) is 54.6 Å². The van der Waals surface area contributed by atoms with E-state index in [1.54, 1.807) is 24.3 Å². The third-order valence-corrected chi connectivity index (χ3v) is 13.5. The predicted octanol–water partition coefficient (Wildman–Crippen LogP) is 4.90. The van der Waals surface area contributed by atoms with Gasteiger partial charge in [-0.25, -0.2) is 0 Å². The molecule has 10 rings (SSSR count). The number of imide groups is 2. The molecular weight excluding hydrogens is 757 g/mol. The number of carbonyl (C=O) groups is 5. The number of hydrogen-bond donors (Lipinski definition) is 2. The zero-order chi connectivity index (χ0) is 41.3. The average Bonchev–Trinajstić information content (AvgIpc) is 3.92. The highest BCUT2D eigenvalue weighted by Gasteiger charge is 2.48. The molecule has 6 aliphatic rings. The number of likely N-dealkylation sites (tertiary alicyclic amines) is 1. The first kappa shape index (κ1) is 38.0. The van der Waals surface area contributed by atoms with Crippen LogP contribution in [0, 0.1) is 5.41 Å². The molecule has 12 heteroatoms. The van der Waals surface area contributed by atoms with Crippen molar-refractivity contribution < 1.29 is 29.1 Å². The predicted molar refractivity (Wildman–Crippen MR) is 226 cm³/mol. The normalized spacial score (nSPS) is 22.6. The maximum Gasteiger partial charge on any atom is 0.262 e. The lowest BCUT2D eigenvalue weighted by Crippen LogP contribution is -2.63. The number of phenols is 1. The van der Waals surface area contributed by atoms with Gasteiger partial charge in [0.2, 0.25) is 17.7 Å². The zero-order valence-corrected chi connectivity index (χ0v) is 33.7. The quantitative estimate of drug-likeness (QED) is 0.145. The SMILES string of the molecule is CC1CN1/C(=C(\c1ccc(O)cc1)c1ccc(N2CCC3(CC2)CN(C(=O)CN2CCc4cc5c(cc4C2)C(=O)N(C2CCC(=O)NC2=O)C5=O)C3)cc1)c1ccccc1. The van der Waals surface area contributed by atoms with Gasteiger partial charge in [-0.2, -0.15) is 0 Å². The number of nitrogens with one attached hydrogen (secondary N) is 1. The summed E-state index contributed by atoms with van der Waals surface area (Å²) in [6.07, 6.45) is 2.89. The number of fused-ring (bicyclic) bond motifs is 2. The summed E-state index contributed by atoms with van der Waals surface area (Å²) in [5.74, 6) is -1.67. The monoisotopic (exact) mass is 804 g/mol. The Labute approximate surface area is 349 Å². The maximum atomic E-state index is 13.6. The smallest absolute Gasteiger partial charge is 0.262 e. The topological polar surface area (TPSA) is 134 Å². The zero-order valence-electron chi connectivity index (χ0n) is 33.7. The van der Waals surface area contributed by atoms with Crippen molar-refractivity contribution in [3.8, 4) is 5.75 Å². The van der Waals surface area contributed by atoms with E-state index in [0.717, 1.165) is 78.3 Å². The Bertz CT molecular complexity index is 2450. The average molecular weight is 805 g/mol. The van der Waals surface area contributed by atoms with Crippen LogP contribution in [0.3, 0.4) is 0 Å². The molecule has 2 N–H and O–H groups in total. The minimum Gasteiger partial charge on any atom is -0.508 e. The summed E-state index contributed by atoms with van der Waals surface area (Å²) < 4.78 is 0. The van der Waals surface area contributed by atoms with Crippen LogP contribution >= 0.6 is 0 Å². The highest BCUT2D eigenvalue weighted by atomic mass is 16.3. The molecule has 2 unspecified atom stereocenters. The molecule has 4 aromatic rings. The van der Waals surface area contributed by atoms with Crippen LogP contribution in [-0.4, -0.2) is 112 Å². The van der Waals surface area contributed by atoms with Crippen LogP contribution in [0.4, 0.5) is 5.69 Å². The summed E-state index contributed by atoms with van der Waals surface area (Å²) in [6, 6.07) is 30.0. The first-order valence-electron chi connectivity index (χ1n) is 21.1. The highest BCUT2D eigenvalue weighted by Crippen LogP contribution is 2.43. The van der Waals surface area contributed by atoms with Crippen molar-refractivity contribution in [2.45, 2.75) is 57.7 Å². The van der Waals surface area contributed by atoms with Crippen molar-refractivity contribution in [3.05, 3.63) is 130 Å². The molecule has 2 atom stereocenters. The van der Waals surface area contributed by atoms with Crippen LogP contribution in [0.5, 0.6) is 5.75 Å². The molecule has 12 nitrogen and oxygen atoms in total. The standard InChI is InChI=1S/C48H48N6O6/c1-30-25-53(30)44(33-5-3-2-4-6-33)43(32-9-13-37(55)14-10-32)31-7-11-36(12-8-31)51-21-18-48(19-22-51)28-52(29-48)42(57)27-50-20-17-34-23-38-39(24-35(34)26-50)47(60)54(46(38)59)40-15-16-41(56)49-45(40)58/h2-14,23-24,30,40,55H,15-22,25-29H2,1H3,(H,49,56,58)/b44-43-. The number of amides is 5. The number of hydrogen-bond acceptors (Lipinski definition) is 9. The van der Waals surface area contributed by atoms with Gasteiger partial charge in [0.1, 0.15) is 11.8 Å². The van der Waals surface area contributed by atoms with Gasteiger partial charge < -0.3 is 19.8 Å². The number of carbonyl (C=O) groups excluding carboxylic acids is 5. The van der Waals surface area contributed by atoms with E-state index in [0.29, 0.717) is 37.7 Å². The van der Waals surface area contributed by atoms with Gasteiger partial charge in [-0.3, -0.25) is 39.1 Å². The van der Waals surface area contributed by atoms with Crippen molar-refractivity contribution in [1.29, 1.82) is 0 Å². The second kappa shape index (κ2) is 14.8.